The van der Waals surface area contributed by atoms with Crippen molar-refractivity contribution in [3.63, 3.8) is 0 Å². The van der Waals surface area contributed by atoms with Gasteiger partial charge in [0.25, 0.3) is 5.91 Å². The topological polar surface area (TPSA) is 64.2 Å². The van der Waals surface area contributed by atoms with Crippen LogP contribution < -0.4 is 10.6 Å². The number of thiocarbonyl (C=S) groups is 1. The summed E-state index contributed by atoms with van der Waals surface area (Å²) >= 11 is 4.90. The van der Waals surface area contributed by atoms with E-state index in [1.54, 1.807) is 28.9 Å². The Balaban J connectivity index is 2.29. The molecule has 1 aromatic heterocycles. The molecule has 20 heavy (non-hydrogen) atoms. The van der Waals surface area contributed by atoms with Crippen molar-refractivity contribution in [3.05, 3.63) is 48.3 Å². The molecule has 0 atom stereocenters. The highest BCUT2D eigenvalue weighted by atomic mass is 32.1. The maximum atomic E-state index is 12.6. The van der Waals surface area contributed by atoms with Gasteiger partial charge >= 0.3 is 0 Å². The Kier molecular flexibility index (Phi) is 4.47. The number of anilines is 1. The smallest absolute Gasteiger partial charge is 0.276 e. The first-order chi connectivity index (χ1) is 9.59. The van der Waals surface area contributed by atoms with Crippen LogP contribution in [0.25, 0.3) is 0 Å². The zero-order valence-corrected chi connectivity index (χ0v) is 12.0. The minimum Gasteiger partial charge on any atom is -0.393 e. The molecule has 0 radical (unpaired) electrons. The third-order valence-electron chi connectivity index (χ3n) is 2.93. The van der Waals surface area contributed by atoms with Gasteiger partial charge in [0.15, 0.2) is 0 Å². The summed E-state index contributed by atoms with van der Waals surface area (Å²) in [7, 11) is 1.74. The van der Waals surface area contributed by atoms with Crippen LogP contribution in [-0.2, 0) is 7.05 Å². The highest BCUT2D eigenvalue weighted by Gasteiger charge is 2.20. The summed E-state index contributed by atoms with van der Waals surface area (Å²) in [5.41, 5.74) is 6.88. The van der Waals surface area contributed by atoms with Gasteiger partial charge in [-0.15, -0.1) is 0 Å². The van der Waals surface area contributed by atoms with E-state index in [0.717, 1.165) is 5.69 Å². The van der Waals surface area contributed by atoms with Gasteiger partial charge in [-0.2, -0.15) is 5.10 Å². The van der Waals surface area contributed by atoms with Gasteiger partial charge in [0, 0.05) is 31.9 Å². The fourth-order valence-corrected chi connectivity index (χ4v) is 1.99. The number of para-hydroxylation sites is 1. The summed E-state index contributed by atoms with van der Waals surface area (Å²) in [5.74, 6) is -0.118. The first kappa shape index (κ1) is 14.2. The maximum absolute atomic E-state index is 12.6. The van der Waals surface area contributed by atoms with Crippen molar-refractivity contribution < 1.29 is 4.79 Å². The van der Waals surface area contributed by atoms with Gasteiger partial charge in [-0.25, -0.2) is 0 Å². The monoisotopic (exact) mass is 288 g/mol. The van der Waals surface area contributed by atoms with Crippen molar-refractivity contribution in [2.75, 3.05) is 11.4 Å². The van der Waals surface area contributed by atoms with Crippen molar-refractivity contribution in [1.82, 2.24) is 9.78 Å². The summed E-state index contributed by atoms with van der Waals surface area (Å²) in [6.07, 6.45) is 2.08. The molecule has 1 aromatic carbocycles. The van der Waals surface area contributed by atoms with E-state index in [0.29, 0.717) is 23.6 Å². The first-order valence-electron chi connectivity index (χ1n) is 6.23. The second-order valence-electron chi connectivity index (χ2n) is 4.35. The van der Waals surface area contributed by atoms with E-state index in [2.05, 4.69) is 5.10 Å². The molecule has 0 saturated carbocycles. The van der Waals surface area contributed by atoms with Crippen LogP contribution in [0.5, 0.6) is 0 Å². The van der Waals surface area contributed by atoms with Gasteiger partial charge in [0.1, 0.15) is 5.69 Å². The van der Waals surface area contributed by atoms with E-state index in [4.69, 9.17) is 18.0 Å². The number of nitrogens with zero attached hydrogens (tertiary/aromatic N) is 3. The molecule has 2 rings (SSSR count). The highest BCUT2D eigenvalue weighted by molar-refractivity contribution is 7.80. The number of carbonyl (C=O) groups is 1. The molecule has 0 saturated heterocycles. The summed E-state index contributed by atoms with van der Waals surface area (Å²) < 4.78 is 1.55. The number of rotatable bonds is 5. The number of hydrogen-bond acceptors (Lipinski definition) is 3. The lowest BCUT2D eigenvalue weighted by Crippen LogP contribution is -2.34. The van der Waals surface area contributed by atoms with Crippen LogP contribution in [0.3, 0.4) is 0 Å². The fraction of sp³-hybridized carbons (Fsp3) is 0.214. The van der Waals surface area contributed by atoms with E-state index in [1.165, 1.54) is 0 Å². The van der Waals surface area contributed by atoms with E-state index in [1.807, 2.05) is 30.3 Å². The number of benzene rings is 1. The molecule has 1 amide bonds. The van der Waals surface area contributed by atoms with Crippen molar-refractivity contribution in [2.45, 2.75) is 6.42 Å². The predicted octanol–water partition coefficient (Wildman–Crippen LogP) is 1.74. The Hall–Kier alpha value is -2.21. The molecule has 0 unspecified atom stereocenters. The first-order valence-corrected chi connectivity index (χ1v) is 6.63. The Morgan fingerprint density at radius 2 is 2.05 bits per heavy atom. The van der Waals surface area contributed by atoms with E-state index >= 15 is 0 Å². The highest BCUT2D eigenvalue weighted by Crippen LogP contribution is 2.17. The molecule has 0 fully saturated rings. The van der Waals surface area contributed by atoms with Gasteiger partial charge in [-0.05, 0) is 18.2 Å². The Morgan fingerprint density at radius 1 is 1.35 bits per heavy atom. The van der Waals surface area contributed by atoms with Crippen molar-refractivity contribution in [2.24, 2.45) is 12.8 Å². The molecule has 2 aromatic rings. The van der Waals surface area contributed by atoms with Crippen LogP contribution >= 0.6 is 12.2 Å². The summed E-state index contributed by atoms with van der Waals surface area (Å²) in [4.78, 5) is 14.7. The summed E-state index contributed by atoms with van der Waals surface area (Å²) in [6, 6.07) is 11.1. The van der Waals surface area contributed by atoms with E-state index in [9.17, 15) is 4.79 Å². The van der Waals surface area contributed by atoms with Crippen molar-refractivity contribution >= 4 is 28.8 Å². The van der Waals surface area contributed by atoms with Crippen LogP contribution in [0.1, 0.15) is 16.9 Å². The number of hydrogen-bond donors (Lipinski definition) is 1. The van der Waals surface area contributed by atoms with Crippen LogP contribution in [0, 0.1) is 0 Å². The average Bonchev–Trinajstić information content (AvgIpc) is 2.86. The second-order valence-corrected chi connectivity index (χ2v) is 4.87. The van der Waals surface area contributed by atoms with Crippen LogP contribution in [-0.4, -0.2) is 27.2 Å². The minimum atomic E-state index is -0.118. The molecule has 1 heterocycles. The zero-order chi connectivity index (χ0) is 14.5. The molecule has 0 spiro atoms. The largest absolute Gasteiger partial charge is 0.393 e. The molecule has 0 bridgehead atoms. The molecule has 104 valence electrons. The van der Waals surface area contributed by atoms with E-state index < -0.39 is 0 Å². The van der Waals surface area contributed by atoms with Crippen LogP contribution in [0.4, 0.5) is 5.69 Å². The van der Waals surface area contributed by atoms with Gasteiger partial charge in [-0.3, -0.25) is 9.48 Å². The molecular weight excluding hydrogens is 272 g/mol. The number of carbonyl (C=O) groups excluding carboxylic acids is 1. The predicted molar refractivity (Wildman–Crippen MR) is 82.7 cm³/mol. The van der Waals surface area contributed by atoms with Gasteiger partial charge in [0.2, 0.25) is 0 Å². The molecule has 5 nitrogen and oxygen atoms in total. The van der Waals surface area contributed by atoms with Crippen LogP contribution in [0.2, 0.25) is 0 Å². The molecule has 2 N–H and O–H groups in total. The lowest BCUT2D eigenvalue weighted by atomic mass is 10.2. The van der Waals surface area contributed by atoms with Gasteiger partial charge < -0.3 is 10.6 Å². The molecule has 0 aliphatic heterocycles. The number of nitrogens with two attached hydrogens (primary N) is 1. The molecule has 0 aliphatic carbocycles. The number of aryl methyl sites for hydroxylation is 1. The van der Waals surface area contributed by atoms with Gasteiger partial charge in [-0.1, -0.05) is 30.4 Å². The number of amides is 1. The van der Waals surface area contributed by atoms with Crippen molar-refractivity contribution in [1.29, 1.82) is 0 Å². The third-order valence-corrected chi connectivity index (χ3v) is 3.14. The van der Waals surface area contributed by atoms with Crippen LogP contribution in [0.15, 0.2) is 42.6 Å². The van der Waals surface area contributed by atoms with E-state index in [-0.39, 0.29) is 5.91 Å². The summed E-state index contributed by atoms with van der Waals surface area (Å²) in [5, 5.41) is 4.03. The zero-order valence-electron chi connectivity index (χ0n) is 11.2. The third kappa shape index (κ3) is 3.21. The summed E-state index contributed by atoms with van der Waals surface area (Å²) in [6.45, 7) is 0.448. The SMILES string of the molecule is Cn1nccc1C(=O)N(CCC(N)=S)c1ccccc1. The van der Waals surface area contributed by atoms with Crippen molar-refractivity contribution in [3.8, 4) is 0 Å². The number of aromatic nitrogens is 2. The minimum absolute atomic E-state index is 0.118. The Morgan fingerprint density at radius 3 is 2.60 bits per heavy atom. The molecule has 0 aliphatic rings. The fourth-order valence-electron chi connectivity index (χ4n) is 1.90. The lowest BCUT2D eigenvalue weighted by Gasteiger charge is -2.22. The Labute approximate surface area is 123 Å². The lowest BCUT2D eigenvalue weighted by molar-refractivity contribution is 0.0978. The normalized spacial score (nSPS) is 10.2. The second kappa shape index (κ2) is 6.29. The quantitative estimate of drug-likeness (QED) is 0.851. The van der Waals surface area contributed by atoms with Gasteiger partial charge in [0.05, 0.1) is 4.99 Å². The Bertz CT molecular complexity index is 609. The molecule has 6 heteroatoms. The standard InChI is InChI=1S/C14H16N4OS/c1-17-12(7-9-16-17)14(19)18(10-8-13(15)20)11-5-3-2-4-6-11/h2-7,9H,8,10H2,1H3,(H2,15,20). The maximum Gasteiger partial charge on any atom is 0.276 e. The molecular formula is C14H16N4OS. The average molecular weight is 288 g/mol.